The van der Waals surface area contributed by atoms with E-state index in [0.29, 0.717) is 6.61 Å². The van der Waals surface area contributed by atoms with E-state index in [1.807, 2.05) is 0 Å². The van der Waals surface area contributed by atoms with Gasteiger partial charge in [-0.15, -0.1) is 0 Å². The molecule has 0 aromatic carbocycles. The van der Waals surface area contributed by atoms with Gasteiger partial charge in [-0.1, -0.05) is 0 Å². The van der Waals surface area contributed by atoms with E-state index in [0.717, 1.165) is 12.2 Å². The first-order valence-electron chi connectivity index (χ1n) is 2.43. The summed E-state index contributed by atoms with van der Waals surface area (Å²) in [5.74, 6) is 0.823. The zero-order valence-electron chi connectivity index (χ0n) is 4.87. The van der Waals surface area contributed by atoms with Crippen LogP contribution in [-0.4, -0.2) is 23.9 Å². The van der Waals surface area contributed by atoms with Crippen molar-refractivity contribution in [3.63, 3.8) is 0 Å². The lowest BCUT2D eigenvalue weighted by molar-refractivity contribution is 0.315. The molecule has 0 saturated heterocycles. The van der Waals surface area contributed by atoms with Crippen LogP contribution >= 0.6 is 21.0 Å². The summed E-state index contributed by atoms with van der Waals surface area (Å²) < 4.78 is 4.85. The smallest absolute Gasteiger partial charge is 0.164 e. The van der Waals surface area contributed by atoms with Gasteiger partial charge in [0.2, 0.25) is 0 Å². The van der Waals surface area contributed by atoms with Gasteiger partial charge in [0.25, 0.3) is 0 Å². The third-order valence-electron chi connectivity index (χ3n) is 0.581. The summed E-state index contributed by atoms with van der Waals surface area (Å²) in [5, 5.41) is 0. The second-order valence-electron chi connectivity index (χ2n) is 1.37. The van der Waals surface area contributed by atoms with Crippen LogP contribution in [-0.2, 0) is 4.52 Å². The quantitative estimate of drug-likeness (QED) is 0.362. The van der Waals surface area contributed by atoms with E-state index in [2.05, 4.69) is 12.6 Å². The van der Waals surface area contributed by atoms with E-state index in [9.17, 15) is 0 Å². The Kier molecular flexibility index (Phi) is 6.34. The molecular formula is C4H11O2PS. The van der Waals surface area contributed by atoms with Gasteiger partial charge in [0.15, 0.2) is 8.38 Å². The topological polar surface area (TPSA) is 29.5 Å². The average Bonchev–Trinajstić information content (AvgIpc) is 1.66. The minimum absolute atomic E-state index is 0.627. The van der Waals surface area contributed by atoms with Gasteiger partial charge in [-0.3, -0.25) is 0 Å². The molecule has 0 aromatic rings. The zero-order chi connectivity index (χ0) is 6.41. The van der Waals surface area contributed by atoms with Crippen molar-refractivity contribution >= 4 is 21.0 Å². The van der Waals surface area contributed by atoms with Crippen LogP contribution in [0.3, 0.4) is 0 Å². The number of thiol groups is 1. The Balaban J connectivity index is 2.72. The summed E-state index contributed by atoms with van der Waals surface area (Å²) in [6.07, 6.45) is 0.913. The van der Waals surface area contributed by atoms with Gasteiger partial charge in [-0.25, -0.2) is 0 Å². The average molecular weight is 154 g/mol. The Hall–Kier alpha value is 0.700. The molecule has 1 N–H and O–H groups in total. The molecule has 2 nitrogen and oxygen atoms in total. The molecule has 0 aliphatic heterocycles. The highest BCUT2D eigenvalue weighted by atomic mass is 32.1. The lowest BCUT2D eigenvalue weighted by Gasteiger charge is -2.02. The largest absolute Gasteiger partial charge is 0.350 e. The lowest BCUT2D eigenvalue weighted by Crippen LogP contribution is -1.88. The Labute approximate surface area is 56.6 Å². The molecule has 0 spiro atoms. The minimum atomic E-state index is -1.15. The molecule has 0 aromatic heterocycles. The van der Waals surface area contributed by atoms with E-state index in [1.165, 1.54) is 0 Å². The Bertz CT molecular complexity index is 51.3. The summed E-state index contributed by atoms with van der Waals surface area (Å²) in [5.41, 5.74) is 0. The molecule has 0 aliphatic carbocycles. The van der Waals surface area contributed by atoms with E-state index in [-0.39, 0.29) is 0 Å². The summed E-state index contributed by atoms with van der Waals surface area (Å²) in [6.45, 7) is 2.29. The van der Waals surface area contributed by atoms with Crippen LogP contribution in [0.4, 0.5) is 0 Å². The van der Waals surface area contributed by atoms with Crippen LogP contribution in [0.5, 0.6) is 0 Å². The van der Waals surface area contributed by atoms with Crippen molar-refractivity contribution < 1.29 is 9.42 Å². The number of hydrogen-bond acceptors (Lipinski definition) is 3. The second-order valence-corrected chi connectivity index (χ2v) is 3.01. The van der Waals surface area contributed by atoms with Crippen molar-refractivity contribution in [3.05, 3.63) is 0 Å². The summed E-state index contributed by atoms with van der Waals surface area (Å²) in [7, 11) is -1.15. The van der Waals surface area contributed by atoms with Gasteiger partial charge >= 0.3 is 0 Å². The highest BCUT2D eigenvalue weighted by molar-refractivity contribution is 7.80. The van der Waals surface area contributed by atoms with Crippen molar-refractivity contribution in [2.75, 3.05) is 19.0 Å². The van der Waals surface area contributed by atoms with Gasteiger partial charge < -0.3 is 9.42 Å². The predicted octanol–water partition coefficient (Wildman–Crippen LogP) is 1.26. The number of rotatable bonds is 4. The lowest BCUT2D eigenvalue weighted by atomic mass is 10.5. The van der Waals surface area contributed by atoms with Crippen LogP contribution < -0.4 is 0 Å². The summed E-state index contributed by atoms with van der Waals surface area (Å²) >= 11 is 3.97. The van der Waals surface area contributed by atoms with Crippen molar-refractivity contribution in [1.82, 2.24) is 0 Å². The normalized spacial score (nSPS) is 13.9. The number of hydrogen-bond donors (Lipinski definition) is 2. The van der Waals surface area contributed by atoms with E-state index in [1.54, 1.807) is 6.66 Å². The third-order valence-corrected chi connectivity index (χ3v) is 1.45. The molecule has 0 amide bonds. The molecular weight excluding hydrogens is 143 g/mol. The van der Waals surface area contributed by atoms with E-state index < -0.39 is 8.38 Å². The van der Waals surface area contributed by atoms with Gasteiger partial charge in [0.1, 0.15) is 0 Å². The van der Waals surface area contributed by atoms with E-state index in [4.69, 9.17) is 9.42 Å². The molecule has 4 heteroatoms. The standard InChI is InChI=1S/C4H11O2PS/c1-7(5)6-3-2-4-8/h5,8H,2-4H2,1H3. The molecule has 0 heterocycles. The van der Waals surface area contributed by atoms with Gasteiger partial charge in [-0.05, 0) is 12.2 Å². The van der Waals surface area contributed by atoms with Crippen LogP contribution in [0.1, 0.15) is 6.42 Å². The van der Waals surface area contributed by atoms with Crippen molar-refractivity contribution in [2.24, 2.45) is 0 Å². The molecule has 50 valence electrons. The first-order chi connectivity index (χ1) is 3.77. The molecule has 0 aliphatic rings. The zero-order valence-corrected chi connectivity index (χ0v) is 6.66. The van der Waals surface area contributed by atoms with Crippen LogP contribution in [0.15, 0.2) is 0 Å². The maximum atomic E-state index is 8.60. The fourth-order valence-electron chi connectivity index (χ4n) is 0.261. The first-order valence-corrected chi connectivity index (χ1v) is 4.73. The maximum Gasteiger partial charge on any atom is 0.164 e. The van der Waals surface area contributed by atoms with Crippen LogP contribution in [0, 0.1) is 0 Å². The highest BCUT2D eigenvalue weighted by Gasteiger charge is 1.91. The van der Waals surface area contributed by atoms with Crippen molar-refractivity contribution in [1.29, 1.82) is 0 Å². The van der Waals surface area contributed by atoms with Crippen LogP contribution in [0.25, 0.3) is 0 Å². The fourth-order valence-corrected chi connectivity index (χ4v) is 0.784. The SMILES string of the molecule is CP(O)OCCCS. The molecule has 1 atom stereocenters. The fraction of sp³-hybridized carbons (Fsp3) is 1.00. The van der Waals surface area contributed by atoms with E-state index >= 15 is 0 Å². The molecule has 0 bridgehead atoms. The summed E-state index contributed by atoms with van der Waals surface area (Å²) in [4.78, 5) is 8.60. The second kappa shape index (κ2) is 5.83. The first kappa shape index (κ1) is 8.70. The molecule has 0 saturated carbocycles. The molecule has 1 unspecified atom stereocenters. The molecule has 0 radical (unpaired) electrons. The Morgan fingerprint density at radius 3 is 2.75 bits per heavy atom. The van der Waals surface area contributed by atoms with Crippen LogP contribution in [0.2, 0.25) is 0 Å². The monoisotopic (exact) mass is 154 g/mol. The Morgan fingerprint density at radius 2 is 2.38 bits per heavy atom. The third kappa shape index (κ3) is 6.70. The van der Waals surface area contributed by atoms with Gasteiger partial charge in [0, 0.05) is 6.66 Å². The predicted molar refractivity (Wildman–Crippen MR) is 39.5 cm³/mol. The highest BCUT2D eigenvalue weighted by Crippen LogP contribution is 2.24. The molecule has 0 rings (SSSR count). The molecule has 0 fully saturated rings. The van der Waals surface area contributed by atoms with Gasteiger partial charge in [-0.2, -0.15) is 12.6 Å². The van der Waals surface area contributed by atoms with Crippen molar-refractivity contribution in [2.45, 2.75) is 6.42 Å². The van der Waals surface area contributed by atoms with Gasteiger partial charge in [0.05, 0.1) is 6.61 Å². The Morgan fingerprint density at radius 1 is 1.75 bits per heavy atom. The maximum absolute atomic E-state index is 8.60. The summed E-state index contributed by atoms with van der Waals surface area (Å²) in [6, 6.07) is 0. The molecule has 8 heavy (non-hydrogen) atoms. The minimum Gasteiger partial charge on any atom is -0.350 e. The van der Waals surface area contributed by atoms with Crippen molar-refractivity contribution in [3.8, 4) is 0 Å².